The highest BCUT2D eigenvalue weighted by atomic mass is 35.5. The van der Waals surface area contributed by atoms with Crippen LogP contribution in [0.2, 0.25) is 5.02 Å². The topological polar surface area (TPSA) is 59.0 Å². The highest BCUT2D eigenvalue weighted by molar-refractivity contribution is 6.30. The van der Waals surface area contributed by atoms with Gasteiger partial charge in [-0.25, -0.2) is 5.01 Å². The molecule has 3 aromatic rings. The molecule has 0 aliphatic carbocycles. The zero-order valence-electron chi connectivity index (χ0n) is 19.3. The Kier molecular flexibility index (Phi) is 6.87. The minimum atomic E-state index is -0.0398. The molecule has 7 nitrogen and oxygen atoms in total. The number of nitrogens with one attached hydrogen (secondary N) is 1. The maximum Gasteiger partial charge on any atom is 0.253 e. The van der Waals surface area contributed by atoms with E-state index in [9.17, 15) is 4.79 Å². The van der Waals surface area contributed by atoms with Crippen molar-refractivity contribution in [1.29, 1.82) is 0 Å². The normalized spacial score (nSPS) is 16.3. The molecular weight excluding hydrogens is 452 g/mol. The molecule has 178 valence electrons. The van der Waals surface area contributed by atoms with Crippen molar-refractivity contribution in [3.05, 3.63) is 81.1 Å². The summed E-state index contributed by atoms with van der Waals surface area (Å²) in [6, 6.07) is 17.3. The van der Waals surface area contributed by atoms with Crippen molar-refractivity contribution in [3.8, 4) is 17.0 Å². The van der Waals surface area contributed by atoms with Crippen molar-refractivity contribution in [2.75, 3.05) is 51.9 Å². The van der Waals surface area contributed by atoms with Crippen LogP contribution < -0.4 is 15.7 Å². The molecule has 1 aromatic heterocycles. The van der Waals surface area contributed by atoms with Gasteiger partial charge in [-0.3, -0.25) is 9.69 Å². The Morgan fingerprint density at radius 1 is 1.03 bits per heavy atom. The summed E-state index contributed by atoms with van der Waals surface area (Å²) in [5.74, 6) is 0.795. The van der Waals surface area contributed by atoms with Gasteiger partial charge in [0.1, 0.15) is 5.75 Å². The molecule has 34 heavy (non-hydrogen) atoms. The third-order valence-electron chi connectivity index (χ3n) is 6.45. The molecule has 8 heteroatoms. The number of aromatic nitrogens is 1. The number of hydrogen-bond donors (Lipinski definition) is 1. The van der Waals surface area contributed by atoms with Crippen LogP contribution in [-0.2, 0) is 17.8 Å². The molecule has 0 radical (unpaired) electrons. The molecule has 0 spiro atoms. The number of nitrogens with zero attached hydrogens (tertiary/aromatic N) is 3. The summed E-state index contributed by atoms with van der Waals surface area (Å²) >= 11 is 6.17. The van der Waals surface area contributed by atoms with E-state index in [-0.39, 0.29) is 5.56 Å². The van der Waals surface area contributed by atoms with Crippen LogP contribution in [0.5, 0.6) is 5.75 Å². The largest absolute Gasteiger partial charge is 0.497 e. The molecule has 1 saturated heterocycles. The highest BCUT2D eigenvalue weighted by Gasteiger charge is 2.26. The van der Waals surface area contributed by atoms with Gasteiger partial charge in [-0.15, -0.1) is 0 Å². The number of fused-ring (bicyclic) bond motifs is 1. The molecule has 3 heterocycles. The maximum absolute atomic E-state index is 13.3. The predicted octanol–water partition coefficient (Wildman–Crippen LogP) is 3.70. The Bertz CT molecular complexity index is 1190. The van der Waals surface area contributed by atoms with E-state index < -0.39 is 0 Å². The van der Waals surface area contributed by atoms with Gasteiger partial charge >= 0.3 is 0 Å². The Labute approximate surface area is 204 Å². The number of hydrogen-bond acceptors (Lipinski definition) is 6. The number of benzene rings is 2. The molecule has 2 aliphatic rings. The molecule has 1 fully saturated rings. The Morgan fingerprint density at radius 2 is 1.76 bits per heavy atom. The van der Waals surface area contributed by atoms with Crippen LogP contribution in [-0.4, -0.2) is 61.0 Å². The first-order valence-corrected chi connectivity index (χ1v) is 12.0. The summed E-state index contributed by atoms with van der Waals surface area (Å²) in [4.78, 5) is 15.7. The van der Waals surface area contributed by atoms with Crippen LogP contribution >= 0.6 is 11.6 Å². The van der Waals surface area contributed by atoms with Gasteiger partial charge in [-0.2, -0.15) is 0 Å². The van der Waals surface area contributed by atoms with Crippen LogP contribution in [0.15, 0.2) is 59.4 Å². The Balaban J connectivity index is 1.46. The van der Waals surface area contributed by atoms with Gasteiger partial charge < -0.3 is 19.5 Å². The van der Waals surface area contributed by atoms with Gasteiger partial charge in [0.2, 0.25) is 0 Å². The number of rotatable bonds is 7. The zero-order chi connectivity index (χ0) is 23.5. The monoisotopic (exact) mass is 480 g/mol. The molecule has 5 rings (SSSR count). The molecule has 1 N–H and O–H groups in total. The number of methoxy groups -OCH3 is 1. The molecule has 0 bridgehead atoms. The van der Waals surface area contributed by atoms with Gasteiger partial charge in [0.05, 0.1) is 38.2 Å². The fourth-order valence-electron chi connectivity index (χ4n) is 4.58. The molecular formula is C26H29ClN4O3. The second-order valence-electron chi connectivity index (χ2n) is 8.65. The SMILES string of the molecule is COc1ccc(Cn2c(-c3ccc(Cl)cc3)c3c(cc2=O)NN(CCN2CCOCC2)C3)cc1. The van der Waals surface area contributed by atoms with Gasteiger partial charge in [-0.05, 0) is 35.4 Å². The molecule has 0 atom stereocenters. The van der Waals surface area contributed by atoms with E-state index in [1.165, 1.54) is 0 Å². The van der Waals surface area contributed by atoms with Crippen molar-refractivity contribution in [3.63, 3.8) is 0 Å². The Morgan fingerprint density at radius 3 is 2.47 bits per heavy atom. The number of hydrazine groups is 1. The average Bonchev–Trinajstić information content (AvgIpc) is 3.27. The van der Waals surface area contributed by atoms with E-state index in [2.05, 4.69) is 15.3 Å². The summed E-state index contributed by atoms with van der Waals surface area (Å²) in [5, 5.41) is 2.86. The standard InChI is InChI=1S/C26H29ClN4O3/c1-33-22-8-2-19(3-9-22)17-31-25(32)16-24-23(26(31)20-4-6-21(27)7-5-20)18-30(28-24)11-10-29-12-14-34-15-13-29/h2-9,16,28H,10-15,17-18H2,1H3. The third kappa shape index (κ3) is 4.98. The van der Waals surface area contributed by atoms with Crippen molar-refractivity contribution >= 4 is 17.3 Å². The third-order valence-corrected chi connectivity index (χ3v) is 6.70. The fraction of sp³-hybridized carbons (Fsp3) is 0.346. The van der Waals surface area contributed by atoms with Crippen molar-refractivity contribution in [1.82, 2.24) is 14.5 Å². The Hall–Kier alpha value is -2.84. The van der Waals surface area contributed by atoms with E-state index in [1.807, 2.05) is 53.1 Å². The maximum atomic E-state index is 13.3. The van der Waals surface area contributed by atoms with Crippen molar-refractivity contribution < 1.29 is 9.47 Å². The number of anilines is 1. The summed E-state index contributed by atoms with van der Waals surface area (Å²) in [5.41, 5.74) is 8.36. The number of ether oxygens (including phenoxy) is 2. The van der Waals surface area contributed by atoms with E-state index in [1.54, 1.807) is 13.2 Å². The summed E-state index contributed by atoms with van der Waals surface area (Å²) in [6.07, 6.45) is 0. The number of morpholine rings is 1. The molecule has 0 saturated carbocycles. The van der Waals surface area contributed by atoms with Crippen LogP contribution in [0.4, 0.5) is 5.69 Å². The van der Waals surface area contributed by atoms with E-state index in [0.29, 0.717) is 11.6 Å². The van der Waals surface area contributed by atoms with Gasteiger partial charge in [0.25, 0.3) is 5.56 Å². The van der Waals surface area contributed by atoms with E-state index in [0.717, 1.165) is 79.8 Å². The molecule has 2 aromatic carbocycles. The second-order valence-corrected chi connectivity index (χ2v) is 9.09. The van der Waals surface area contributed by atoms with Gasteiger partial charge in [-0.1, -0.05) is 35.9 Å². The van der Waals surface area contributed by atoms with Crippen molar-refractivity contribution in [2.24, 2.45) is 0 Å². The van der Waals surface area contributed by atoms with Gasteiger partial charge in [0.15, 0.2) is 0 Å². The predicted molar refractivity (Wildman–Crippen MR) is 135 cm³/mol. The van der Waals surface area contributed by atoms with E-state index >= 15 is 0 Å². The summed E-state index contributed by atoms with van der Waals surface area (Å²) < 4.78 is 12.6. The average molecular weight is 481 g/mol. The minimum absolute atomic E-state index is 0.0398. The lowest BCUT2D eigenvalue weighted by molar-refractivity contribution is 0.0345. The molecule has 2 aliphatic heterocycles. The lowest BCUT2D eigenvalue weighted by Crippen LogP contribution is -2.41. The summed E-state index contributed by atoms with van der Waals surface area (Å²) in [6.45, 7) is 6.52. The smallest absolute Gasteiger partial charge is 0.253 e. The van der Waals surface area contributed by atoms with Crippen LogP contribution in [0, 0.1) is 0 Å². The van der Waals surface area contributed by atoms with Crippen molar-refractivity contribution in [2.45, 2.75) is 13.1 Å². The van der Waals surface area contributed by atoms with Gasteiger partial charge in [0, 0.05) is 49.4 Å². The quantitative estimate of drug-likeness (QED) is 0.556. The minimum Gasteiger partial charge on any atom is -0.497 e. The zero-order valence-corrected chi connectivity index (χ0v) is 20.1. The second kappa shape index (κ2) is 10.2. The number of pyridine rings is 1. The highest BCUT2D eigenvalue weighted by Crippen LogP contribution is 2.34. The van der Waals surface area contributed by atoms with E-state index in [4.69, 9.17) is 21.1 Å². The molecule has 0 unspecified atom stereocenters. The first-order valence-electron chi connectivity index (χ1n) is 11.6. The lowest BCUT2D eigenvalue weighted by Gasteiger charge is -2.28. The molecule has 0 amide bonds. The van der Waals surface area contributed by atoms with Crippen LogP contribution in [0.1, 0.15) is 11.1 Å². The first-order chi connectivity index (χ1) is 16.6. The van der Waals surface area contributed by atoms with Crippen LogP contribution in [0.25, 0.3) is 11.3 Å². The first kappa shape index (κ1) is 22.9. The fourth-order valence-corrected chi connectivity index (χ4v) is 4.71. The van der Waals surface area contributed by atoms with Crippen LogP contribution in [0.3, 0.4) is 0 Å². The number of halogens is 1. The summed E-state index contributed by atoms with van der Waals surface area (Å²) in [7, 11) is 1.65. The lowest BCUT2D eigenvalue weighted by atomic mass is 10.0.